The van der Waals surface area contributed by atoms with Gasteiger partial charge in [-0.2, -0.15) is 0 Å². The summed E-state index contributed by atoms with van der Waals surface area (Å²) >= 11 is 0. The summed E-state index contributed by atoms with van der Waals surface area (Å²) in [5.41, 5.74) is 1.82. The second kappa shape index (κ2) is 15.1. The number of amides is 4. The largest absolute Gasteiger partial charge is 0.350 e. The average Bonchev–Trinajstić information content (AvgIpc) is 2.92. The fourth-order valence-electron chi connectivity index (χ4n) is 4.71. The first-order valence-electron chi connectivity index (χ1n) is 14.0. The molecule has 0 spiro atoms. The van der Waals surface area contributed by atoms with Gasteiger partial charge < -0.3 is 21.3 Å². The highest BCUT2D eigenvalue weighted by Crippen LogP contribution is 2.11. The highest BCUT2D eigenvalue weighted by molar-refractivity contribution is 5.94. The van der Waals surface area contributed by atoms with Crippen LogP contribution in [-0.2, 0) is 32.1 Å². The Hall–Kier alpha value is -3.79. The standard InChI is InChI=1S/C30H42N6O4/c1-5-24-18-36(17-23-12-9-13-31-16-23)19-27(37)32-21(4)28(38)34-25(14-20(2)3)30(40)35-26(29(39)33-24)15-22-10-7-6-8-11-22/h6-13,16,20-21,24-26H,5,14-15,17-19H2,1-4H3,(H,32,37)(H,33,39)(H,34,38)(H,35,40)/t21-,24+,25+,26+/m1/s1. The predicted molar refractivity (Wildman–Crippen MR) is 153 cm³/mol. The van der Waals surface area contributed by atoms with Crippen LogP contribution in [0.2, 0.25) is 0 Å². The third-order valence-electron chi connectivity index (χ3n) is 6.84. The van der Waals surface area contributed by atoms with Crippen molar-refractivity contribution in [2.24, 2.45) is 5.92 Å². The average molecular weight is 551 g/mol. The predicted octanol–water partition coefficient (Wildman–Crippen LogP) is 1.56. The van der Waals surface area contributed by atoms with E-state index in [0.717, 1.165) is 11.1 Å². The zero-order valence-corrected chi connectivity index (χ0v) is 23.9. The first-order valence-corrected chi connectivity index (χ1v) is 14.0. The Bertz CT molecular complexity index is 1130. The molecule has 10 heteroatoms. The fourth-order valence-corrected chi connectivity index (χ4v) is 4.71. The van der Waals surface area contributed by atoms with Crippen molar-refractivity contribution in [2.75, 3.05) is 13.1 Å². The summed E-state index contributed by atoms with van der Waals surface area (Å²) in [5, 5.41) is 11.6. The van der Waals surface area contributed by atoms with Crippen molar-refractivity contribution >= 4 is 23.6 Å². The van der Waals surface area contributed by atoms with E-state index in [0.29, 0.717) is 32.4 Å². The van der Waals surface area contributed by atoms with Crippen molar-refractivity contribution in [3.8, 4) is 0 Å². The molecule has 0 saturated carbocycles. The van der Waals surface area contributed by atoms with Gasteiger partial charge in [0, 0.05) is 37.9 Å². The maximum absolute atomic E-state index is 13.6. The van der Waals surface area contributed by atoms with E-state index < -0.39 is 29.9 Å². The summed E-state index contributed by atoms with van der Waals surface area (Å²) in [6.45, 7) is 8.34. The molecule has 0 unspecified atom stereocenters. The number of nitrogens with one attached hydrogen (secondary N) is 4. The molecule has 4 N–H and O–H groups in total. The normalized spacial score (nSPS) is 23.8. The number of rotatable bonds is 7. The molecule has 1 aromatic heterocycles. The number of benzene rings is 1. The van der Waals surface area contributed by atoms with Gasteiger partial charge >= 0.3 is 0 Å². The molecule has 1 fully saturated rings. The van der Waals surface area contributed by atoms with E-state index in [9.17, 15) is 19.2 Å². The van der Waals surface area contributed by atoms with E-state index in [1.54, 1.807) is 19.3 Å². The van der Waals surface area contributed by atoms with E-state index in [2.05, 4.69) is 26.3 Å². The molecule has 1 aliphatic rings. The molecule has 0 bridgehead atoms. The summed E-state index contributed by atoms with van der Waals surface area (Å²) in [7, 11) is 0. The quantitative estimate of drug-likeness (QED) is 0.414. The zero-order valence-electron chi connectivity index (χ0n) is 23.9. The summed E-state index contributed by atoms with van der Waals surface area (Å²) in [5.74, 6) is -1.42. The number of nitrogens with zero attached hydrogens (tertiary/aromatic N) is 2. The number of carbonyl (C=O) groups is 4. The summed E-state index contributed by atoms with van der Waals surface area (Å²) in [6, 6.07) is 10.4. The Morgan fingerprint density at radius 3 is 2.20 bits per heavy atom. The van der Waals surface area contributed by atoms with Crippen LogP contribution in [-0.4, -0.2) is 70.8 Å². The Morgan fingerprint density at radius 1 is 0.875 bits per heavy atom. The van der Waals surface area contributed by atoms with Gasteiger partial charge in [-0.1, -0.05) is 57.2 Å². The fraction of sp³-hybridized carbons (Fsp3) is 0.500. The zero-order chi connectivity index (χ0) is 29.1. The third-order valence-corrected chi connectivity index (χ3v) is 6.84. The molecule has 0 aliphatic carbocycles. The Morgan fingerprint density at radius 2 is 1.55 bits per heavy atom. The number of pyridine rings is 1. The molecular weight excluding hydrogens is 508 g/mol. The van der Waals surface area contributed by atoms with Crippen molar-refractivity contribution in [3.05, 3.63) is 66.0 Å². The Balaban J connectivity index is 1.93. The lowest BCUT2D eigenvalue weighted by atomic mass is 10.0. The molecule has 4 amide bonds. The monoisotopic (exact) mass is 550 g/mol. The molecule has 10 nitrogen and oxygen atoms in total. The minimum atomic E-state index is -0.855. The molecular formula is C30H42N6O4. The molecule has 216 valence electrons. The van der Waals surface area contributed by atoms with Crippen LogP contribution < -0.4 is 21.3 Å². The number of carbonyl (C=O) groups excluding carboxylic acids is 4. The maximum Gasteiger partial charge on any atom is 0.243 e. The van der Waals surface area contributed by atoms with E-state index in [-0.39, 0.29) is 30.3 Å². The minimum absolute atomic E-state index is 0.0267. The molecule has 1 aromatic carbocycles. The van der Waals surface area contributed by atoms with Crippen LogP contribution in [0.5, 0.6) is 0 Å². The van der Waals surface area contributed by atoms with Crippen LogP contribution in [0, 0.1) is 5.92 Å². The van der Waals surface area contributed by atoms with Crippen molar-refractivity contribution in [2.45, 2.75) is 77.7 Å². The second-order valence-electron chi connectivity index (χ2n) is 10.9. The van der Waals surface area contributed by atoms with Gasteiger partial charge in [0.15, 0.2) is 0 Å². The van der Waals surface area contributed by atoms with Crippen molar-refractivity contribution in [3.63, 3.8) is 0 Å². The molecule has 1 saturated heterocycles. The highest BCUT2D eigenvalue weighted by Gasteiger charge is 2.31. The van der Waals surface area contributed by atoms with Gasteiger partial charge in [-0.25, -0.2) is 0 Å². The molecule has 4 atom stereocenters. The van der Waals surface area contributed by atoms with Crippen LogP contribution in [0.3, 0.4) is 0 Å². The first kappa shape index (κ1) is 30.7. The molecule has 1 aliphatic heterocycles. The van der Waals surface area contributed by atoms with Gasteiger partial charge in [-0.15, -0.1) is 0 Å². The van der Waals surface area contributed by atoms with Gasteiger partial charge in [0.1, 0.15) is 18.1 Å². The first-order chi connectivity index (χ1) is 19.1. The van der Waals surface area contributed by atoms with Gasteiger partial charge in [0.25, 0.3) is 0 Å². The lowest BCUT2D eigenvalue weighted by Gasteiger charge is -2.29. The smallest absolute Gasteiger partial charge is 0.243 e. The van der Waals surface area contributed by atoms with Crippen molar-refractivity contribution in [1.82, 2.24) is 31.2 Å². The second-order valence-corrected chi connectivity index (χ2v) is 10.9. The van der Waals surface area contributed by atoms with Gasteiger partial charge in [0.2, 0.25) is 23.6 Å². The lowest BCUT2D eigenvalue weighted by Crippen LogP contribution is -2.57. The number of aromatic nitrogens is 1. The number of hydrogen-bond acceptors (Lipinski definition) is 6. The van der Waals surface area contributed by atoms with Gasteiger partial charge in [-0.3, -0.25) is 29.1 Å². The van der Waals surface area contributed by atoms with Crippen LogP contribution >= 0.6 is 0 Å². The van der Waals surface area contributed by atoms with Gasteiger partial charge in [-0.05, 0) is 42.9 Å². The van der Waals surface area contributed by atoms with Gasteiger partial charge in [0.05, 0.1) is 6.54 Å². The summed E-state index contributed by atoms with van der Waals surface area (Å²) in [4.78, 5) is 59.2. The number of hydrogen-bond donors (Lipinski definition) is 4. The molecule has 40 heavy (non-hydrogen) atoms. The Kier molecular flexibility index (Phi) is 11.6. The molecule has 2 heterocycles. The third kappa shape index (κ3) is 9.75. The Labute approximate surface area is 236 Å². The van der Waals surface area contributed by atoms with Crippen molar-refractivity contribution < 1.29 is 19.2 Å². The molecule has 3 rings (SSSR count). The topological polar surface area (TPSA) is 133 Å². The summed E-state index contributed by atoms with van der Waals surface area (Å²) < 4.78 is 0. The van der Waals surface area contributed by atoms with E-state index in [1.807, 2.05) is 68.1 Å². The van der Waals surface area contributed by atoms with Crippen LogP contribution in [0.25, 0.3) is 0 Å². The molecule has 0 radical (unpaired) electrons. The maximum atomic E-state index is 13.6. The minimum Gasteiger partial charge on any atom is -0.350 e. The SMILES string of the molecule is CC[C@H]1CN(Cc2cccnc2)CC(=O)N[C@H](C)C(=O)N[C@@H](CC(C)C)C(=O)N[C@@H](Cc2ccccc2)C(=O)N1. The highest BCUT2D eigenvalue weighted by atomic mass is 16.2. The van der Waals surface area contributed by atoms with Crippen LogP contribution in [0.15, 0.2) is 54.9 Å². The summed E-state index contributed by atoms with van der Waals surface area (Å²) in [6.07, 6.45) is 4.73. The molecule has 2 aromatic rings. The van der Waals surface area contributed by atoms with E-state index in [4.69, 9.17) is 0 Å². The van der Waals surface area contributed by atoms with Crippen molar-refractivity contribution in [1.29, 1.82) is 0 Å². The van der Waals surface area contributed by atoms with E-state index >= 15 is 0 Å². The lowest BCUT2D eigenvalue weighted by molar-refractivity contribution is -0.133. The van der Waals surface area contributed by atoms with Crippen LogP contribution in [0.1, 0.15) is 51.7 Å². The van der Waals surface area contributed by atoms with E-state index in [1.165, 1.54) is 0 Å². The van der Waals surface area contributed by atoms with Crippen LogP contribution in [0.4, 0.5) is 0 Å².